The number of ether oxygens (including phenoxy) is 1. The van der Waals surface area contributed by atoms with Gasteiger partial charge in [-0.2, -0.15) is 15.0 Å². The summed E-state index contributed by atoms with van der Waals surface area (Å²) in [5.41, 5.74) is 0.834. The quantitative estimate of drug-likeness (QED) is 0.788. The first kappa shape index (κ1) is 14.0. The van der Waals surface area contributed by atoms with Gasteiger partial charge < -0.3 is 19.9 Å². The zero-order valence-corrected chi connectivity index (χ0v) is 11.8. The normalized spacial score (nSPS) is 10.3. The zero-order valence-electron chi connectivity index (χ0n) is 11.8. The summed E-state index contributed by atoms with van der Waals surface area (Å²) >= 11 is 0. The lowest BCUT2D eigenvalue weighted by atomic mass is 10.4. The topological polar surface area (TPSA) is 98.0 Å². The molecule has 0 aromatic carbocycles. The molecule has 2 aromatic rings. The van der Waals surface area contributed by atoms with Crippen LogP contribution >= 0.6 is 0 Å². The van der Waals surface area contributed by atoms with Crippen LogP contribution in [0.5, 0.6) is 6.01 Å². The van der Waals surface area contributed by atoms with E-state index < -0.39 is 0 Å². The van der Waals surface area contributed by atoms with Crippen molar-refractivity contribution in [2.45, 2.75) is 26.8 Å². The molecule has 2 N–H and O–H groups in total. The van der Waals surface area contributed by atoms with E-state index in [4.69, 9.17) is 9.26 Å². The minimum atomic E-state index is 0.294. The van der Waals surface area contributed by atoms with Crippen molar-refractivity contribution in [2.75, 3.05) is 24.3 Å². The molecule has 0 aliphatic carbocycles. The van der Waals surface area contributed by atoms with Crippen molar-refractivity contribution in [3.05, 3.63) is 17.5 Å². The zero-order chi connectivity index (χ0) is 14.4. The molecule has 0 aliphatic heterocycles. The molecular weight excluding hydrogens is 260 g/mol. The van der Waals surface area contributed by atoms with E-state index in [1.807, 2.05) is 19.9 Å². The molecule has 0 bridgehead atoms. The van der Waals surface area contributed by atoms with Crippen molar-refractivity contribution >= 4 is 11.9 Å². The van der Waals surface area contributed by atoms with Crippen LogP contribution in [0.4, 0.5) is 11.9 Å². The van der Waals surface area contributed by atoms with E-state index in [1.54, 1.807) is 7.05 Å². The van der Waals surface area contributed by atoms with E-state index in [1.165, 1.54) is 0 Å². The fraction of sp³-hybridized carbons (Fsp3) is 0.500. The molecule has 0 unspecified atom stereocenters. The molecule has 0 saturated carbocycles. The Morgan fingerprint density at radius 1 is 1.25 bits per heavy atom. The fourth-order valence-electron chi connectivity index (χ4n) is 1.47. The monoisotopic (exact) mass is 278 g/mol. The van der Waals surface area contributed by atoms with Gasteiger partial charge in [0.25, 0.3) is 0 Å². The van der Waals surface area contributed by atoms with Crippen LogP contribution in [0.3, 0.4) is 0 Å². The number of hydrogen-bond acceptors (Lipinski definition) is 8. The maximum absolute atomic E-state index is 5.42. The Hall–Kier alpha value is -2.38. The first-order chi connectivity index (χ1) is 9.71. The average molecular weight is 278 g/mol. The van der Waals surface area contributed by atoms with E-state index >= 15 is 0 Å². The van der Waals surface area contributed by atoms with Gasteiger partial charge in [0.2, 0.25) is 11.9 Å². The van der Waals surface area contributed by atoms with E-state index in [0.717, 1.165) is 12.1 Å². The number of rotatable bonds is 7. The van der Waals surface area contributed by atoms with Crippen molar-refractivity contribution in [3.63, 3.8) is 0 Å². The highest BCUT2D eigenvalue weighted by Gasteiger charge is 2.07. The summed E-state index contributed by atoms with van der Waals surface area (Å²) in [5, 5.41) is 9.73. The minimum absolute atomic E-state index is 0.294. The summed E-state index contributed by atoms with van der Waals surface area (Å²) in [6, 6.07) is 2.14. The van der Waals surface area contributed by atoms with Crippen molar-refractivity contribution in [1.29, 1.82) is 0 Å². The molecule has 108 valence electrons. The fourth-order valence-corrected chi connectivity index (χ4v) is 1.47. The Morgan fingerprint density at radius 3 is 2.70 bits per heavy atom. The number of hydrogen-bond donors (Lipinski definition) is 2. The number of aryl methyl sites for hydroxylation is 1. The molecule has 2 aromatic heterocycles. The highest BCUT2D eigenvalue weighted by atomic mass is 16.5. The van der Waals surface area contributed by atoms with E-state index in [9.17, 15) is 0 Å². The third kappa shape index (κ3) is 3.81. The van der Waals surface area contributed by atoms with Crippen LogP contribution in [0, 0.1) is 6.92 Å². The van der Waals surface area contributed by atoms with Crippen molar-refractivity contribution in [2.24, 2.45) is 0 Å². The second-order valence-corrected chi connectivity index (χ2v) is 4.15. The highest BCUT2D eigenvalue weighted by Crippen LogP contribution is 2.12. The molecule has 0 saturated heterocycles. The lowest BCUT2D eigenvalue weighted by Crippen LogP contribution is -2.09. The maximum Gasteiger partial charge on any atom is 0.323 e. The predicted octanol–water partition coefficient (Wildman–Crippen LogP) is 1.61. The Bertz CT molecular complexity index is 557. The number of nitrogens with one attached hydrogen (secondary N) is 2. The predicted molar refractivity (Wildman–Crippen MR) is 73.7 cm³/mol. The Labute approximate surface area is 117 Å². The van der Waals surface area contributed by atoms with E-state index in [-0.39, 0.29) is 0 Å². The largest absolute Gasteiger partial charge is 0.463 e. The van der Waals surface area contributed by atoms with Crippen LogP contribution in [0.25, 0.3) is 0 Å². The summed E-state index contributed by atoms with van der Waals surface area (Å²) < 4.78 is 10.5. The van der Waals surface area contributed by atoms with Gasteiger partial charge in [-0.15, -0.1) is 0 Å². The Morgan fingerprint density at radius 2 is 2.05 bits per heavy atom. The standard InChI is InChI=1S/C12H18N6O2/c1-4-5-19-12-16-10(13-3)15-11(17-12)14-7-9-6-8(2)18-20-9/h6H,4-5,7H2,1-3H3,(H2,13,14,15,16,17). The third-order valence-electron chi connectivity index (χ3n) is 2.37. The van der Waals surface area contributed by atoms with Gasteiger partial charge in [0, 0.05) is 13.1 Å². The van der Waals surface area contributed by atoms with Crippen molar-refractivity contribution < 1.29 is 9.26 Å². The molecule has 20 heavy (non-hydrogen) atoms. The molecule has 0 radical (unpaired) electrons. The first-order valence-electron chi connectivity index (χ1n) is 6.44. The van der Waals surface area contributed by atoms with Gasteiger partial charge in [-0.3, -0.25) is 0 Å². The van der Waals surface area contributed by atoms with Gasteiger partial charge in [-0.25, -0.2) is 0 Å². The van der Waals surface area contributed by atoms with E-state index in [2.05, 4.69) is 30.7 Å². The SMILES string of the molecule is CCCOc1nc(NC)nc(NCc2cc(C)no2)n1. The molecule has 2 rings (SSSR count). The van der Waals surface area contributed by atoms with Gasteiger partial charge in [0.05, 0.1) is 18.8 Å². The summed E-state index contributed by atoms with van der Waals surface area (Å²) in [4.78, 5) is 12.5. The molecule has 8 nitrogen and oxygen atoms in total. The van der Waals surface area contributed by atoms with Crippen LogP contribution < -0.4 is 15.4 Å². The van der Waals surface area contributed by atoms with Crippen LogP contribution in [-0.2, 0) is 6.54 Å². The van der Waals surface area contributed by atoms with Crippen LogP contribution in [0.15, 0.2) is 10.6 Å². The molecule has 0 amide bonds. The smallest absolute Gasteiger partial charge is 0.323 e. The number of anilines is 2. The van der Waals surface area contributed by atoms with Gasteiger partial charge >= 0.3 is 6.01 Å². The minimum Gasteiger partial charge on any atom is -0.463 e. The van der Waals surface area contributed by atoms with Crippen molar-refractivity contribution in [3.8, 4) is 6.01 Å². The lowest BCUT2D eigenvalue weighted by Gasteiger charge is -2.07. The van der Waals surface area contributed by atoms with Crippen LogP contribution in [-0.4, -0.2) is 33.8 Å². The molecule has 8 heteroatoms. The van der Waals surface area contributed by atoms with Crippen LogP contribution in [0.1, 0.15) is 24.8 Å². The van der Waals surface area contributed by atoms with Gasteiger partial charge in [-0.1, -0.05) is 12.1 Å². The van der Waals surface area contributed by atoms with Gasteiger partial charge in [-0.05, 0) is 13.3 Å². The van der Waals surface area contributed by atoms with Gasteiger partial charge in [0.15, 0.2) is 5.76 Å². The second kappa shape index (κ2) is 6.69. The second-order valence-electron chi connectivity index (χ2n) is 4.15. The average Bonchev–Trinajstić information content (AvgIpc) is 2.88. The molecule has 0 aliphatic rings. The summed E-state index contributed by atoms with van der Waals surface area (Å²) in [6.45, 7) is 4.90. The maximum atomic E-state index is 5.42. The molecule has 2 heterocycles. The number of aromatic nitrogens is 4. The van der Waals surface area contributed by atoms with Crippen LogP contribution in [0.2, 0.25) is 0 Å². The van der Waals surface area contributed by atoms with E-state index in [0.29, 0.717) is 36.8 Å². The number of nitrogens with zero attached hydrogens (tertiary/aromatic N) is 4. The first-order valence-corrected chi connectivity index (χ1v) is 6.44. The van der Waals surface area contributed by atoms with Gasteiger partial charge in [0.1, 0.15) is 0 Å². The highest BCUT2D eigenvalue weighted by molar-refractivity contribution is 5.35. The third-order valence-corrected chi connectivity index (χ3v) is 2.37. The Kier molecular flexibility index (Phi) is 4.70. The van der Waals surface area contributed by atoms with Crippen molar-refractivity contribution in [1.82, 2.24) is 20.1 Å². The summed E-state index contributed by atoms with van der Waals surface area (Å²) in [6.07, 6.45) is 0.890. The lowest BCUT2D eigenvalue weighted by molar-refractivity contribution is 0.292. The summed E-state index contributed by atoms with van der Waals surface area (Å²) in [7, 11) is 1.74. The molecule has 0 atom stereocenters. The summed E-state index contributed by atoms with van der Waals surface area (Å²) in [5.74, 6) is 1.58. The molecular formula is C12H18N6O2. The molecule has 0 fully saturated rings. The Balaban J connectivity index is 2.05. The molecule has 0 spiro atoms.